The smallest absolute Gasteiger partial charge is 0.408 e. The van der Waals surface area contributed by atoms with Crippen LogP contribution < -0.4 is 10.6 Å². The molecule has 290 valence electrons. The summed E-state index contributed by atoms with van der Waals surface area (Å²) in [5, 5.41) is 83.5. The summed E-state index contributed by atoms with van der Waals surface area (Å²) in [6.07, 6.45) is -19.3. The molecule has 22 heteroatoms. The summed E-state index contributed by atoms with van der Waals surface area (Å²) in [7, 11) is 1.88. The number of esters is 2. The molecule has 20 nitrogen and oxygen atoms in total. The zero-order valence-electron chi connectivity index (χ0n) is 28.2. The minimum atomic E-state index is -1.87. The van der Waals surface area contributed by atoms with Crippen LogP contribution in [0.5, 0.6) is 0 Å². The SMILES string of the molecule is CC(C)(C)OC(=O)N[C@H](CSSC[C@@H](NC(=O)OC(C)(C)C)C(=O)OC[C@H]1O[C@H](O)[C@H](O)[C@@H](O)[C@@H]1O)C(=O)OC[C@H]1O[C@H](O)[C@H](O)[C@@H](O)[C@@H]1O. The van der Waals surface area contributed by atoms with Gasteiger partial charge in [-0.1, -0.05) is 21.6 Å². The van der Waals surface area contributed by atoms with Crippen molar-refractivity contribution in [1.29, 1.82) is 0 Å². The summed E-state index contributed by atoms with van der Waals surface area (Å²) in [5.41, 5.74) is -1.88. The number of aliphatic hydroxyl groups is 8. The van der Waals surface area contributed by atoms with Crippen molar-refractivity contribution in [2.24, 2.45) is 0 Å². The van der Waals surface area contributed by atoms with Crippen molar-refractivity contribution in [3.05, 3.63) is 0 Å². The molecule has 2 heterocycles. The largest absolute Gasteiger partial charge is 0.461 e. The van der Waals surface area contributed by atoms with E-state index in [0.29, 0.717) is 0 Å². The highest BCUT2D eigenvalue weighted by atomic mass is 33.1. The zero-order chi connectivity index (χ0) is 38.1. The van der Waals surface area contributed by atoms with Crippen molar-refractivity contribution < 1.29 is 88.5 Å². The molecular weight excluding hydrogens is 716 g/mol. The van der Waals surface area contributed by atoms with Crippen molar-refractivity contribution in [3.63, 3.8) is 0 Å². The molecule has 50 heavy (non-hydrogen) atoms. The van der Waals surface area contributed by atoms with Crippen LogP contribution in [0.3, 0.4) is 0 Å². The number of carbonyl (C=O) groups is 4. The normalized spacial score (nSPS) is 31.5. The number of rotatable bonds is 13. The van der Waals surface area contributed by atoms with Crippen LogP contribution in [0.1, 0.15) is 41.5 Å². The van der Waals surface area contributed by atoms with E-state index in [4.69, 9.17) is 28.4 Å². The van der Waals surface area contributed by atoms with Gasteiger partial charge in [0.15, 0.2) is 12.6 Å². The molecule has 2 rings (SSSR count). The van der Waals surface area contributed by atoms with E-state index in [2.05, 4.69) is 10.6 Å². The average Bonchev–Trinajstić information content (AvgIpc) is 2.99. The fourth-order valence-electron chi connectivity index (χ4n) is 4.14. The topological polar surface area (TPSA) is 310 Å². The van der Waals surface area contributed by atoms with E-state index < -0.39 is 122 Å². The maximum absolute atomic E-state index is 13.0. The van der Waals surface area contributed by atoms with Crippen molar-refractivity contribution in [2.45, 2.75) is 126 Å². The lowest BCUT2D eigenvalue weighted by Crippen LogP contribution is -2.59. The van der Waals surface area contributed by atoms with E-state index in [1.54, 1.807) is 41.5 Å². The van der Waals surface area contributed by atoms with Crippen LogP contribution in [0.2, 0.25) is 0 Å². The first-order valence-corrected chi connectivity index (χ1v) is 17.8. The molecule has 0 unspecified atom stereocenters. The molecular formula is C28H48N2O18S2. The van der Waals surface area contributed by atoms with Crippen molar-refractivity contribution in [2.75, 3.05) is 24.7 Å². The standard InChI is InChI=1S/C28H48N2O18S2/c1-27(2,3)47-25(41)29-11(21(37)43-7-13-15(31)17(33)19(35)23(39)45-13)9-49-50-10-12(30-26(42)48-28(4,5)6)22(38)44-8-14-16(32)18(34)20(36)24(40)46-14/h11-20,23-24,31-36,39-40H,7-10H2,1-6H3,(H,29,41)(H,30,42)/t11-,12-,13-,14-,15-,16-,17+,18+,19-,20-,23+,24+/m1/s1. The van der Waals surface area contributed by atoms with Crippen molar-refractivity contribution in [3.8, 4) is 0 Å². The highest BCUT2D eigenvalue weighted by Gasteiger charge is 2.45. The molecule has 2 aliphatic rings. The summed E-state index contributed by atoms with van der Waals surface area (Å²) in [5.74, 6) is -2.51. The number of ether oxygens (including phenoxy) is 6. The number of nitrogens with one attached hydrogen (secondary N) is 2. The van der Waals surface area contributed by atoms with Gasteiger partial charge in [0.25, 0.3) is 0 Å². The number of amides is 2. The third-order valence-electron chi connectivity index (χ3n) is 6.66. The summed E-state index contributed by atoms with van der Waals surface area (Å²) < 4.78 is 30.7. The first-order valence-electron chi connectivity index (χ1n) is 15.3. The van der Waals surface area contributed by atoms with Gasteiger partial charge >= 0.3 is 24.1 Å². The maximum atomic E-state index is 13.0. The molecule has 2 aliphatic heterocycles. The Bertz CT molecular complexity index is 1050. The van der Waals surface area contributed by atoms with Gasteiger partial charge < -0.3 is 79.9 Å². The van der Waals surface area contributed by atoms with Crippen LogP contribution >= 0.6 is 21.6 Å². The Morgan fingerprint density at radius 1 is 0.580 bits per heavy atom. The van der Waals surface area contributed by atoms with Crippen LogP contribution in [0.25, 0.3) is 0 Å². The van der Waals surface area contributed by atoms with E-state index in [1.807, 2.05) is 0 Å². The van der Waals surface area contributed by atoms with Crippen LogP contribution in [0.4, 0.5) is 9.59 Å². The number of carbonyl (C=O) groups excluding carboxylic acids is 4. The molecule has 0 saturated carbocycles. The second kappa shape index (κ2) is 19.0. The molecule has 2 amide bonds. The Morgan fingerprint density at radius 3 is 1.20 bits per heavy atom. The minimum absolute atomic E-state index is 0.213. The third-order valence-corrected chi connectivity index (χ3v) is 9.08. The number of aliphatic hydroxyl groups excluding tert-OH is 8. The second-order valence-corrected chi connectivity index (χ2v) is 15.9. The Kier molecular flexibility index (Phi) is 16.7. The van der Waals surface area contributed by atoms with Crippen LogP contribution in [-0.4, -0.2) is 174 Å². The monoisotopic (exact) mass is 764 g/mol. The van der Waals surface area contributed by atoms with Gasteiger partial charge in [0.05, 0.1) is 0 Å². The lowest BCUT2D eigenvalue weighted by molar-refractivity contribution is -0.287. The molecule has 0 aromatic rings. The number of hydrogen-bond donors (Lipinski definition) is 10. The van der Waals surface area contributed by atoms with Gasteiger partial charge in [-0.3, -0.25) is 0 Å². The quantitative estimate of drug-likeness (QED) is 0.0383. The number of alkyl carbamates (subject to hydrolysis) is 2. The molecule has 12 atom stereocenters. The Labute approximate surface area is 295 Å². The molecule has 2 saturated heterocycles. The fourth-order valence-corrected chi connectivity index (χ4v) is 6.43. The predicted octanol–water partition coefficient (Wildman–Crippen LogP) is -3.16. The highest BCUT2D eigenvalue weighted by Crippen LogP contribution is 2.26. The second-order valence-electron chi connectivity index (χ2n) is 13.3. The van der Waals surface area contributed by atoms with Gasteiger partial charge in [-0.2, -0.15) is 0 Å². The Hall–Kier alpha value is -2.22. The van der Waals surface area contributed by atoms with E-state index in [9.17, 15) is 60.0 Å². The average molecular weight is 765 g/mol. The summed E-state index contributed by atoms with van der Waals surface area (Å²) >= 11 is 0. The molecule has 0 aromatic heterocycles. The minimum Gasteiger partial charge on any atom is -0.461 e. The van der Waals surface area contributed by atoms with Crippen LogP contribution in [0.15, 0.2) is 0 Å². The van der Waals surface area contributed by atoms with E-state index in [-0.39, 0.29) is 11.5 Å². The molecule has 0 spiro atoms. The van der Waals surface area contributed by atoms with E-state index >= 15 is 0 Å². The van der Waals surface area contributed by atoms with Gasteiger partial charge in [-0.25, -0.2) is 19.2 Å². The van der Waals surface area contributed by atoms with Crippen molar-refractivity contribution >= 4 is 45.7 Å². The van der Waals surface area contributed by atoms with Crippen molar-refractivity contribution in [1.82, 2.24) is 10.6 Å². The molecule has 2 fully saturated rings. The van der Waals surface area contributed by atoms with Crippen LogP contribution in [-0.2, 0) is 38.0 Å². The lowest BCUT2D eigenvalue weighted by Gasteiger charge is -2.38. The fraction of sp³-hybridized carbons (Fsp3) is 0.857. The van der Waals surface area contributed by atoms with Gasteiger partial charge in [-0.05, 0) is 41.5 Å². The van der Waals surface area contributed by atoms with Gasteiger partial charge in [0, 0.05) is 11.5 Å². The zero-order valence-corrected chi connectivity index (χ0v) is 29.9. The predicted molar refractivity (Wildman–Crippen MR) is 171 cm³/mol. The van der Waals surface area contributed by atoms with Gasteiger partial charge in [0.1, 0.15) is 85.3 Å². The van der Waals surface area contributed by atoms with Crippen LogP contribution in [0, 0.1) is 0 Å². The van der Waals surface area contributed by atoms with E-state index in [1.165, 1.54) is 0 Å². The summed E-state index contributed by atoms with van der Waals surface area (Å²) in [4.78, 5) is 51.0. The first kappa shape index (κ1) is 43.9. The molecule has 0 bridgehead atoms. The van der Waals surface area contributed by atoms with Gasteiger partial charge in [0.2, 0.25) is 0 Å². The maximum Gasteiger partial charge on any atom is 0.408 e. The molecule has 0 aromatic carbocycles. The molecule has 10 N–H and O–H groups in total. The Morgan fingerprint density at radius 2 is 0.900 bits per heavy atom. The number of hydrogen-bond acceptors (Lipinski definition) is 20. The van der Waals surface area contributed by atoms with E-state index in [0.717, 1.165) is 21.6 Å². The van der Waals surface area contributed by atoms with Gasteiger partial charge in [-0.15, -0.1) is 0 Å². The Balaban J connectivity index is 2.08. The molecule has 0 radical (unpaired) electrons. The summed E-state index contributed by atoms with van der Waals surface area (Å²) in [6, 6.07) is -2.79. The highest BCUT2D eigenvalue weighted by molar-refractivity contribution is 8.76. The molecule has 0 aliphatic carbocycles. The third kappa shape index (κ3) is 14.1. The lowest BCUT2D eigenvalue weighted by atomic mass is 9.99. The first-order chi connectivity index (χ1) is 23.0. The summed E-state index contributed by atoms with van der Waals surface area (Å²) in [6.45, 7) is 8.14.